The summed E-state index contributed by atoms with van der Waals surface area (Å²) in [5.41, 5.74) is 2.45. The highest BCUT2D eigenvalue weighted by atomic mass is 28.1. The van der Waals surface area contributed by atoms with Gasteiger partial charge in [-0.2, -0.15) is 0 Å². The summed E-state index contributed by atoms with van der Waals surface area (Å²) in [4.78, 5) is 15.6. The zero-order valence-electron chi connectivity index (χ0n) is 21.2. The first-order valence-corrected chi connectivity index (χ1v) is 14.0. The summed E-state index contributed by atoms with van der Waals surface area (Å²) in [6.45, 7) is 3.58. The van der Waals surface area contributed by atoms with E-state index >= 15 is 0 Å². The first kappa shape index (κ1) is 24.3. The standard InChI is InChI=1S/C28H38N2O4Si/c1-19-15-28(35,29-16-20-7-11-22(32-2)12-8-20)26-17-33-23-13-9-21(10-14-23)24-5-3-4-6-25(24)34-18-27(31)30(19)26/h3-8,11-12,19,21,23,26,29H,9-10,13-18H2,1-2,35H3/t19-,21-,23+,26+,28-/m1/s1. The van der Waals surface area contributed by atoms with Gasteiger partial charge in [-0.1, -0.05) is 30.3 Å². The van der Waals surface area contributed by atoms with Crippen molar-refractivity contribution in [3.8, 4) is 11.5 Å². The topological polar surface area (TPSA) is 60.0 Å². The van der Waals surface area contributed by atoms with E-state index in [2.05, 4.69) is 41.4 Å². The fraction of sp³-hybridized carbons (Fsp3) is 0.536. The van der Waals surface area contributed by atoms with Crippen LogP contribution in [0.5, 0.6) is 11.5 Å². The Bertz CT molecular complexity index is 1020. The van der Waals surface area contributed by atoms with Crippen LogP contribution in [0.4, 0.5) is 0 Å². The second kappa shape index (κ2) is 10.3. The molecule has 0 spiro atoms. The second-order valence-corrected chi connectivity index (χ2v) is 12.4. The number of para-hydroxylation sites is 1. The number of rotatable bonds is 4. The summed E-state index contributed by atoms with van der Waals surface area (Å²) in [5, 5.41) is 3.73. The van der Waals surface area contributed by atoms with Gasteiger partial charge in [-0.05, 0) is 74.3 Å². The van der Waals surface area contributed by atoms with Crippen molar-refractivity contribution in [3.63, 3.8) is 0 Å². The van der Waals surface area contributed by atoms with Crippen LogP contribution < -0.4 is 14.8 Å². The van der Waals surface area contributed by atoms with Crippen LogP contribution in [-0.4, -0.2) is 64.7 Å². The molecule has 6 rings (SSSR count). The smallest absolute Gasteiger partial charge is 0.261 e. The minimum absolute atomic E-state index is 0.00670. The van der Waals surface area contributed by atoms with E-state index in [0.717, 1.165) is 60.4 Å². The summed E-state index contributed by atoms with van der Waals surface area (Å²) < 4.78 is 18.0. The summed E-state index contributed by atoms with van der Waals surface area (Å²) in [6.07, 6.45) is 5.52. The molecule has 0 radical (unpaired) electrons. The number of ether oxygens (including phenoxy) is 3. The van der Waals surface area contributed by atoms with Crippen molar-refractivity contribution in [1.82, 2.24) is 10.2 Å². The lowest BCUT2D eigenvalue weighted by Gasteiger charge is -2.38. The first-order chi connectivity index (χ1) is 17.0. The molecule has 4 aliphatic rings. The molecule has 1 amide bonds. The molecule has 188 valence electrons. The van der Waals surface area contributed by atoms with Gasteiger partial charge >= 0.3 is 0 Å². The lowest BCUT2D eigenvalue weighted by Crippen LogP contribution is -2.58. The molecule has 7 heteroatoms. The zero-order chi connectivity index (χ0) is 24.4. The summed E-state index contributed by atoms with van der Waals surface area (Å²) in [7, 11) is 2.60. The SMILES string of the molecule is COc1ccc(CN[C@@]2([SiH3])C[C@@H](C)N3C(=O)COc4ccccc4[C@H]4CC[C@H](CC4)OC[C@H]32)cc1. The molecule has 1 saturated heterocycles. The Morgan fingerprint density at radius 2 is 1.86 bits per heavy atom. The normalized spacial score (nSPS) is 31.0. The summed E-state index contributed by atoms with van der Waals surface area (Å²) in [6, 6.07) is 16.6. The predicted molar refractivity (Wildman–Crippen MR) is 140 cm³/mol. The Hall–Kier alpha value is -2.35. The molecule has 2 aromatic rings. The molecule has 2 bridgehead atoms. The molecule has 2 aromatic carbocycles. The Labute approximate surface area is 211 Å². The monoisotopic (exact) mass is 494 g/mol. The van der Waals surface area contributed by atoms with Gasteiger partial charge in [-0.15, -0.1) is 0 Å². The maximum absolute atomic E-state index is 13.5. The number of nitrogens with zero attached hydrogens (tertiary/aromatic N) is 1. The number of carbonyl (C=O) groups excluding carboxylic acids is 1. The highest BCUT2D eigenvalue weighted by molar-refractivity contribution is 6.16. The van der Waals surface area contributed by atoms with Gasteiger partial charge in [0.05, 0.1) is 25.9 Å². The van der Waals surface area contributed by atoms with E-state index in [1.807, 2.05) is 24.3 Å². The molecule has 1 aliphatic carbocycles. The number of amides is 1. The van der Waals surface area contributed by atoms with Gasteiger partial charge in [0.25, 0.3) is 5.91 Å². The van der Waals surface area contributed by atoms with Crippen LogP contribution in [0.15, 0.2) is 48.5 Å². The molecular formula is C28H38N2O4Si. The number of methoxy groups -OCH3 is 1. The van der Waals surface area contributed by atoms with Crippen LogP contribution >= 0.6 is 0 Å². The third-order valence-corrected chi connectivity index (χ3v) is 9.71. The lowest BCUT2D eigenvalue weighted by atomic mass is 9.82. The van der Waals surface area contributed by atoms with Crippen molar-refractivity contribution in [1.29, 1.82) is 0 Å². The number of nitrogens with one attached hydrogen (secondary N) is 1. The Morgan fingerprint density at radius 1 is 1.11 bits per heavy atom. The molecule has 3 aliphatic heterocycles. The summed E-state index contributed by atoms with van der Waals surface area (Å²) >= 11 is 0. The van der Waals surface area contributed by atoms with E-state index in [9.17, 15) is 4.79 Å². The quantitative estimate of drug-likeness (QED) is 0.663. The number of hydrogen-bond donors (Lipinski definition) is 1. The number of fused-ring (bicyclic) bond motifs is 5. The van der Waals surface area contributed by atoms with Crippen molar-refractivity contribution in [3.05, 3.63) is 59.7 Å². The van der Waals surface area contributed by atoms with Crippen molar-refractivity contribution in [2.75, 3.05) is 20.3 Å². The second-order valence-electron chi connectivity index (χ2n) is 10.6. The largest absolute Gasteiger partial charge is 0.497 e. The Balaban J connectivity index is 1.38. The fourth-order valence-electron chi connectivity index (χ4n) is 6.31. The Kier molecular flexibility index (Phi) is 7.18. The van der Waals surface area contributed by atoms with Crippen LogP contribution in [-0.2, 0) is 16.1 Å². The van der Waals surface area contributed by atoms with E-state index in [1.54, 1.807) is 7.11 Å². The Morgan fingerprint density at radius 3 is 2.60 bits per heavy atom. The van der Waals surface area contributed by atoms with Crippen molar-refractivity contribution in [2.45, 2.75) is 74.8 Å². The molecule has 3 atom stereocenters. The molecule has 35 heavy (non-hydrogen) atoms. The van der Waals surface area contributed by atoms with Gasteiger partial charge in [0.15, 0.2) is 6.61 Å². The molecule has 3 heterocycles. The minimum Gasteiger partial charge on any atom is -0.497 e. The zero-order valence-corrected chi connectivity index (χ0v) is 23.2. The van der Waals surface area contributed by atoms with E-state index in [-0.39, 0.29) is 35.9 Å². The van der Waals surface area contributed by atoms with Crippen LogP contribution in [0.3, 0.4) is 0 Å². The minimum atomic E-state index is -0.121. The highest BCUT2D eigenvalue weighted by Gasteiger charge is 2.49. The van der Waals surface area contributed by atoms with Crippen molar-refractivity contribution >= 4 is 16.1 Å². The van der Waals surface area contributed by atoms with Crippen molar-refractivity contribution < 1.29 is 19.0 Å². The number of hydrogen-bond acceptors (Lipinski definition) is 5. The molecule has 6 nitrogen and oxygen atoms in total. The van der Waals surface area contributed by atoms with Gasteiger partial charge in [-0.25, -0.2) is 0 Å². The van der Waals surface area contributed by atoms with Crippen molar-refractivity contribution in [2.24, 2.45) is 0 Å². The van der Waals surface area contributed by atoms with E-state index in [0.29, 0.717) is 12.5 Å². The van der Waals surface area contributed by atoms with Crippen LogP contribution in [0.25, 0.3) is 0 Å². The maximum atomic E-state index is 13.5. The number of benzene rings is 2. The van der Waals surface area contributed by atoms with Crippen LogP contribution in [0.1, 0.15) is 56.1 Å². The van der Waals surface area contributed by atoms with E-state index in [1.165, 1.54) is 11.1 Å². The third kappa shape index (κ3) is 5.13. The van der Waals surface area contributed by atoms with Gasteiger partial charge < -0.3 is 24.4 Å². The summed E-state index contributed by atoms with van der Waals surface area (Å²) in [5.74, 6) is 2.25. The van der Waals surface area contributed by atoms with E-state index in [4.69, 9.17) is 14.2 Å². The average molecular weight is 495 g/mol. The van der Waals surface area contributed by atoms with Gasteiger partial charge in [0.1, 0.15) is 11.5 Å². The molecule has 0 aromatic heterocycles. The molecule has 1 saturated carbocycles. The number of carbonyl (C=O) groups is 1. The first-order valence-electron chi connectivity index (χ1n) is 13.0. The van der Waals surface area contributed by atoms with Gasteiger partial charge in [-0.3, -0.25) is 4.79 Å². The fourth-order valence-corrected chi connectivity index (χ4v) is 7.53. The molecule has 2 fully saturated rings. The van der Waals surface area contributed by atoms with E-state index < -0.39 is 0 Å². The third-order valence-electron chi connectivity index (χ3n) is 8.28. The lowest BCUT2D eigenvalue weighted by molar-refractivity contribution is -0.138. The maximum Gasteiger partial charge on any atom is 0.261 e. The average Bonchev–Trinajstić information content (AvgIpc) is 3.15. The van der Waals surface area contributed by atoms with Crippen LogP contribution in [0.2, 0.25) is 0 Å². The van der Waals surface area contributed by atoms with Crippen LogP contribution in [0, 0.1) is 0 Å². The highest BCUT2D eigenvalue weighted by Crippen LogP contribution is 2.40. The van der Waals surface area contributed by atoms with Gasteiger partial charge in [0, 0.05) is 28.0 Å². The molecular weight excluding hydrogens is 456 g/mol. The predicted octanol–water partition coefficient (Wildman–Crippen LogP) is 2.97. The molecule has 1 N–H and O–H groups in total. The molecule has 0 unspecified atom stereocenters. The van der Waals surface area contributed by atoms with Gasteiger partial charge in [0.2, 0.25) is 0 Å².